The van der Waals surface area contributed by atoms with Crippen molar-refractivity contribution in [3.05, 3.63) is 53.0 Å². The van der Waals surface area contributed by atoms with Crippen LogP contribution in [0.15, 0.2) is 34.7 Å². The molecule has 0 bridgehead atoms. The van der Waals surface area contributed by atoms with Gasteiger partial charge in [0.15, 0.2) is 10.9 Å². The molecule has 0 spiro atoms. The topological polar surface area (TPSA) is 78.8 Å². The Labute approximate surface area is 184 Å². The van der Waals surface area contributed by atoms with Crippen molar-refractivity contribution in [3.63, 3.8) is 0 Å². The fourth-order valence-corrected chi connectivity index (χ4v) is 3.10. The van der Waals surface area contributed by atoms with E-state index in [9.17, 15) is 4.79 Å². The van der Waals surface area contributed by atoms with E-state index in [-0.39, 0.29) is 12.4 Å². The van der Waals surface area contributed by atoms with Crippen LogP contribution in [0.3, 0.4) is 0 Å². The molecule has 0 atom stereocenters. The van der Waals surface area contributed by atoms with Crippen molar-refractivity contribution in [2.75, 3.05) is 26.2 Å². The molecule has 2 rings (SSSR count). The maximum absolute atomic E-state index is 12.2. The van der Waals surface area contributed by atoms with Gasteiger partial charge in [-0.05, 0) is 75.9 Å². The summed E-state index contributed by atoms with van der Waals surface area (Å²) in [4.78, 5) is 14.6. The number of thiocarbonyl (C=S) groups is 1. The number of ether oxygens (including phenoxy) is 1. The number of carbonyl (C=O) groups excluding carboxylic acids is 1. The SMILES string of the molecule is CCN(CC)CCCNC(=S)NNC(=O)c1ccc(COc2ccc(C)cc2C)o1. The summed E-state index contributed by atoms with van der Waals surface area (Å²) in [5.41, 5.74) is 7.47. The predicted octanol–water partition coefficient (Wildman–Crippen LogP) is 3.32. The molecule has 0 unspecified atom stereocenters. The molecule has 0 radical (unpaired) electrons. The van der Waals surface area contributed by atoms with E-state index in [0.29, 0.717) is 10.9 Å². The molecule has 2 aromatic rings. The number of hydrogen-bond donors (Lipinski definition) is 3. The van der Waals surface area contributed by atoms with Gasteiger partial charge in [0.2, 0.25) is 0 Å². The molecule has 0 aliphatic carbocycles. The normalized spacial score (nSPS) is 10.7. The summed E-state index contributed by atoms with van der Waals surface area (Å²) in [7, 11) is 0. The van der Waals surface area contributed by atoms with E-state index in [1.807, 2.05) is 26.0 Å². The first kappa shape index (κ1) is 23.7. The first-order chi connectivity index (χ1) is 14.4. The Morgan fingerprint density at radius 1 is 1.13 bits per heavy atom. The number of carbonyl (C=O) groups is 1. The fraction of sp³-hybridized carbons (Fsp3) is 0.455. The van der Waals surface area contributed by atoms with Gasteiger partial charge in [-0.15, -0.1) is 0 Å². The van der Waals surface area contributed by atoms with Crippen molar-refractivity contribution >= 4 is 23.2 Å². The average molecular weight is 433 g/mol. The quantitative estimate of drug-likeness (QED) is 0.302. The van der Waals surface area contributed by atoms with Crippen molar-refractivity contribution in [1.29, 1.82) is 0 Å². The third kappa shape index (κ3) is 7.68. The van der Waals surface area contributed by atoms with Crippen LogP contribution in [0.5, 0.6) is 5.75 Å². The Balaban J connectivity index is 1.71. The van der Waals surface area contributed by atoms with Crippen molar-refractivity contribution < 1.29 is 13.9 Å². The molecule has 1 aromatic carbocycles. The van der Waals surface area contributed by atoms with Crippen LogP contribution in [-0.4, -0.2) is 42.1 Å². The molecule has 0 saturated heterocycles. The van der Waals surface area contributed by atoms with Gasteiger partial charge in [0.05, 0.1) is 0 Å². The van der Waals surface area contributed by atoms with E-state index in [1.54, 1.807) is 12.1 Å². The van der Waals surface area contributed by atoms with Crippen LogP contribution < -0.4 is 20.9 Å². The van der Waals surface area contributed by atoms with Crippen LogP contribution >= 0.6 is 12.2 Å². The van der Waals surface area contributed by atoms with Gasteiger partial charge in [0.1, 0.15) is 18.1 Å². The molecular formula is C22H32N4O3S. The highest BCUT2D eigenvalue weighted by molar-refractivity contribution is 7.80. The highest BCUT2D eigenvalue weighted by Gasteiger charge is 2.12. The van der Waals surface area contributed by atoms with Crippen molar-refractivity contribution in [2.45, 2.75) is 40.7 Å². The monoisotopic (exact) mass is 432 g/mol. The second-order valence-corrected chi connectivity index (χ2v) is 7.45. The van der Waals surface area contributed by atoms with Crippen molar-refractivity contribution in [3.8, 4) is 5.75 Å². The lowest BCUT2D eigenvalue weighted by Gasteiger charge is -2.18. The van der Waals surface area contributed by atoms with Crippen molar-refractivity contribution in [1.82, 2.24) is 21.1 Å². The Bertz CT molecular complexity index is 834. The Hall–Kier alpha value is -2.58. The molecular weight excluding hydrogens is 400 g/mol. The number of nitrogens with one attached hydrogen (secondary N) is 3. The summed E-state index contributed by atoms with van der Waals surface area (Å²) in [5.74, 6) is 1.14. The summed E-state index contributed by atoms with van der Waals surface area (Å²) in [6.45, 7) is 12.4. The highest BCUT2D eigenvalue weighted by atomic mass is 32.1. The second-order valence-electron chi connectivity index (χ2n) is 7.04. The number of rotatable bonds is 10. The Morgan fingerprint density at radius 2 is 1.90 bits per heavy atom. The van der Waals surface area contributed by atoms with Gasteiger partial charge in [-0.25, -0.2) is 0 Å². The molecule has 0 aliphatic heterocycles. The van der Waals surface area contributed by atoms with Crippen molar-refractivity contribution in [2.24, 2.45) is 0 Å². The molecule has 164 valence electrons. The minimum Gasteiger partial charge on any atom is -0.485 e. The van der Waals surface area contributed by atoms with Crippen LogP contribution in [-0.2, 0) is 6.61 Å². The smallest absolute Gasteiger partial charge is 0.305 e. The Morgan fingerprint density at radius 3 is 2.60 bits per heavy atom. The van der Waals surface area contributed by atoms with Gasteiger partial charge in [-0.1, -0.05) is 31.5 Å². The van der Waals surface area contributed by atoms with Gasteiger partial charge < -0.3 is 19.4 Å². The molecule has 1 aromatic heterocycles. The van der Waals surface area contributed by atoms with Crippen LogP contribution in [0.2, 0.25) is 0 Å². The number of benzene rings is 1. The molecule has 1 amide bonds. The van der Waals surface area contributed by atoms with E-state index >= 15 is 0 Å². The zero-order chi connectivity index (χ0) is 21.9. The van der Waals surface area contributed by atoms with Gasteiger partial charge in [-0.2, -0.15) is 0 Å². The minimum absolute atomic E-state index is 0.186. The molecule has 0 fully saturated rings. The number of nitrogens with zero attached hydrogens (tertiary/aromatic N) is 1. The third-order valence-corrected chi connectivity index (χ3v) is 4.95. The van der Waals surface area contributed by atoms with Crippen LogP contribution in [0.4, 0.5) is 0 Å². The van der Waals surface area contributed by atoms with E-state index in [1.165, 1.54) is 5.56 Å². The van der Waals surface area contributed by atoms with E-state index in [0.717, 1.165) is 43.9 Å². The maximum atomic E-state index is 12.2. The van der Waals surface area contributed by atoms with E-state index in [4.69, 9.17) is 21.4 Å². The maximum Gasteiger partial charge on any atom is 0.305 e. The van der Waals surface area contributed by atoms with Crippen LogP contribution in [0.25, 0.3) is 0 Å². The van der Waals surface area contributed by atoms with Crippen LogP contribution in [0, 0.1) is 13.8 Å². The predicted molar refractivity (Wildman–Crippen MR) is 123 cm³/mol. The molecule has 7 nitrogen and oxygen atoms in total. The van der Waals surface area contributed by atoms with Gasteiger partial charge >= 0.3 is 5.91 Å². The molecule has 3 N–H and O–H groups in total. The van der Waals surface area contributed by atoms with E-state index in [2.05, 4.69) is 41.0 Å². The second kappa shape index (κ2) is 12.2. The lowest BCUT2D eigenvalue weighted by molar-refractivity contribution is 0.0911. The van der Waals surface area contributed by atoms with Gasteiger partial charge in [0, 0.05) is 6.54 Å². The summed E-state index contributed by atoms with van der Waals surface area (Å²) < 4.78 is 11.3. The lowest BCUT2D eigenvalue weighted by atomic mass is 10.1. The molecule has 30 heavy (non-hydrogen) atoms. The molecule has 8 heteroatoms. The summed E-state index contributed by atoms with van der Waals surface area (Å²) in [5, 5.41) is 3.44. The Kier molecular flexibility index (Phi) is 9.63. The number of aryl methyl sites for hydroxylation is 2. The van der Waals surface area contributed by atoms with Gasteiger partial charge in [-0.3, -0.25) is 15.6 Å². The number of hydrazine groups is 1. The summed E-state index contributed by atoms with van der Waals surface area (Å²) in [6, 6.07) is 9.32. The lowest BCUT2D eigenvalue weighted by Crippen LogP contribution is -2.47. The third-order valence-electron chi connectivity index (χ3n) is 4.71. The van der Waals surface area contributed by atoms with Crippen LogP contribution in [0.1, 0.15) is 47.7 Å². The van der Waals surface area contributed by atoms with E-state index < -0.39 is 5.91 Å². The summed E-state index contributed by atoms with van der Waals surface area (Å²) >= 11 is 5.18. The number of amides is 1. The molecule has 0 saturated carbocycles. The largest absolute Gasteiger partial charge is 0.485 e. The number of furan rings is 1. The standard InChI is InChI=1S/C22H32N4O3S/c1-5-26(6-2)13-7-12-23-22(30)25-24-21(27)20-11-9-18(29-20)15-28-19-10-8-16(3)14-17(19)4/h8-11,14H,5-7,12-13,15H2,1-4H3,(H,24,27)(H2,23,25,30). The first-order valence-electron chi connectivity index (χ1n) is 10.3. The first-order valence-corrected chi connectivity index (χ1v) is 10.7. The average Bonchev–Trinajstić information content (AvgIpc) is 3.20. The summed E-state index contributed by atoms with van der Waals surface area (Å²) in [6.07, 6.45) is 0.972. The fourth-order valence-electron chi connectivity index (χ4n) is 2.95. The van der Waals surface area contributed by atoms with Gasteiger partial charge in [0.25, 0.3) is 0 Å². The molecule has 1 heterocycles. The number of hydrogen-bond acceptors (Lipinski definition) is 5. The highest BCUT2D eigenvalue weighted by Crippen LogP contribution is 2.20. The zero-order valence-electron chi connectivity index (χ0n) is 18.2. The minimum atomic E-state index is -0.403. The zero-order valence-corrected chi connectivity index (χ0v) is 19.0. The molecule has 0 aliphatic rings.